The van der Waals surface area contributed by atoms with Gasteiger partial charge in [0.25, 0.3) is 0 Å². The molecule has 0 aromatic rings. The van der Waals surface area contributed by atoms with Crippen molar-refractivity contribution >= 4 is 11.8 Å². The molecule has 2 unspecified atom stereocenters. The van der Waals surface area contributed by atoms with E-state index in [2.05, 4.69) is 19.2 Å². The lowest BCUT2D eigenvalue weighted by Gasteiger charge is -2.20. The number of likely N-dealkylation sites (N-methyl/N-ethyl adjacent to an activating group) is 1. The zero-order valence-electron chi connectivity index (χ0n) is 10.6. The van der Waals surface area contributed by atoms with Gasteiger partial charge < -0.3 is 10.2 Å². The van der Waals surface area contributed by atoms with E-state index in [4.69, 9.17) is 0 Å². The predicted molar refractivity (Wildman–Crippen MR) is 62.8 cm³/mol. The summed E-state index contributed by atoms with van der Waals surface area (Å²) >= 11 is 0. The van der Waals surface area contributed by atoms with Crippen LogP contribution in [0.25, 0.3) is 0 Å². The monoisotopic (exact) mass is 226 g/mol. The molecule has 4 nitrogen and oxygen atoms in total. The molecule has 1 aliphatic heterocycles. The Bertz CT molecular complexity index is 276. The maximum Gasteiger partial charge on any atom is 0.244 e. The topological polar surface area (TPSA) is 49.4 Å². The molecule has 0 spiro atoms. The van der Waals surface area contributed by atoms with Gasteiger partial charge in [0.1, 0.15) is 6.04 Å². The van der Waals surface area contributed by atoms with E-state index in [0.717, 1.165) is 12.8 Å². The Morgan fingerprint density at radius 1 is 1.44 bits per heavy atom. The second-order valence-electron chi connectivity index (χ2n) is 5.15. The van der Waals surface area contributed by atoms with Crippen molar-refractivity contribution in [2.45, 2.75) is 39.7 Å². The molecule has 16 heavy (non-hydrogen) atoms. The van der Waals surface area contributed by atoms with E-state index in [1.165, 1.54) is 0 Å². The first-order chi connectivity index (χ1) is 7.41. The summed E-state index contributed by atoms with van der Waals surface area (Å²) in [5, 5.41) is 2.83. The van der Waals surface area contributed by atoms with E-state index < -0.39 is 0 Å². The SMILES string of the molecule is CC(C)CCC1NC(=O)C(C)CN(C)C1=O. The molecule has 1 rings (SSSR count). The average molecular weight is 226 g/mol. The molecule has 0 aromatic heterocycles. The zero-order chi connectivity index (χ0) is 12.3. The first-order valence-electron chi connectivity index (χ1n) is 5.97. The van der Waals surface area contributed by atoms with Gasteiger partial charge >= 0.3 is 0 Å². The lowest BCUT2D eigenvalue weighted by atomic mass is 10.0. The van der Waals surface area contributed by atoms with Crippen LogP contribution in [-0.2, 0) is 9.59 Å². The Morgan fingerprint density at radius 2 is 2.06 bits per heavy atom. The van der Waals surface area contributed by atoms with Crippen LogP contribution in [0.5, 0.6) is 0 Å². The van der Waals surface area contributed by atoms with Crippen molar-refractivity contribution in [2.75, 3.05) is 13.6 Å². The van der Waals surface area contributed by atoms with Gasteiger partial charge in [-0.1, -0.05) is 20.8 Å². The summed E-state index contributed by atoms with van der Waals surface area (Å²) in [5.74, 6) is 0.471. The van der Waals surface area contributed by atoms with Crippen LogP contribution in [-0.4, -0.2) is 36.3 Å². The van der Waals surface area contributed by atoms with Crippen LogP contribution in [0.3, 0.4) is 0 Å². The molecule has 92 valence electrons. The normalized spacial score (nSPS) is 26.9. The second kappa shape index (κ2) is 5.32. The van der Waals surface area contributed by atoms with Crippen LogP contribution >= 0.6 is 0 Å². The van der Waals surface area contributed by atoms with Crippen molar-refractivity contribution in [2.24, 2.45) is 11.8 Å². The molecule has 2 atom stereocenters. The Kier molecular flexibility index (Phi) is 4.33. The fourth-order valence-electron chi connectivity index (χ4n) is 1.92. The molecule has 0 radical (unpaired) electrons. The summed E-state index contributed by atoms with van der Waals surface area (Å²) in [7, 11) is 1.77. The van der Waals surface area contributed by atoms with Crippen molar-refractivity contribution < 1.29 is 9.59 Å². The number of carbonyl (C=O) groups is 2. The van der Waals surface area contributed by atoms with Crippen LogP contribution in [0.15, 0.2) is 0 Å². The highest BCUT2D eigenvalue weighted by atomic mass is 16.2. The maximum atomic E-state index is 12.0. The Labute approximate surface area is 97.4 Å². The Balaban J connectivity index is 2.66. The molecule has 1 saturated heterocycles. The number of nitrogens with zero attached hydrogens (tertiary/aromatic N) is 1. The number of amides is 2. The fourth-order valence-corrected chi connectivity index (χ4v) is 1.92. The summed E-state index contributed by atoms with van der Waals surface area (Å²) in [6.45, 7) is 6.61. The van der Waals surface area contributed by atoms with E-state index in [1.54, 1.807) is 11.9 Å². The van der Waals surface area contributed by atoms with Crippen molar-refractivity contribution in [1.29, 1.82) is 0 Å². The molecule has 2 amide bonds. The van der Waals surface area contributed by atoms with Crippen LogP contribution in [0.1, 0.15) is 33.6 Å². The molecule has 1 N–H and O–H groups in total. The van der Waals surface area contributed by atoms with E-state index in [1.807, 2.05) is 6.92 Å². The van der Waals surface area contributed by atoms with Crippen molar-refractivity contribution in [3.8, 4) is 0 Å². The minimum atomic E-state index is -0.329. The summed E-state index contributed by atoms with van der Waals surface area (Å²) in [6, 6.07) is -0.329. The Morgan fingerprint density at radius 3 is 2.62 bits per heavy atom. The van der Waals surface area contributed by atoms with Crippen LogP contribution in [0.4, 0.5) is 0 Å². The lowest BCUT2D eigenvalue weighted by Crippen LogP contribution is -2.43. The van der Waals surface area contributed by atoms with Gasteiger partial charge in [-0.2, -0.15) is 0 Å². The molecule has 1 heterocycles. The van der Waals surface area contributed by atoms with Gasteiger partial charge in [-0.25, -0.2) is 0 Å². The molecular weight excluding hydrogens is 204 g/mol. The smallest absolute Gasteiger partial charge is 0.244 e. The summed E-state index contributed by atoms with van der Waals surface area (Å²) < 4.78 is 0. The van der Waals surface area contributed by atoms with E-state index in [9.17, 15) is 9.59 Å². The standard InChI is InChI=1S/C12H22N2O2/c1-8(2)5-6-10-12(16)14(4)7-9(3)11(15)13-10/h8-10H,5-7H2,1-4H3,(H,13,15). The zero-order valence-corrected chi connectivity index (χ0v) is 10.6. The van der Waals surface area contributed by atoms with Crippen molar-refractivity contribution in [3.63, 3.8) is 0 Å². The highest BCUT2D eigenvalue weighted by molar-refractivity contribution is 5.90. The molecule has 4 heteroatoms. The van der Waals surface area contributed by atoms with Crippen molar-refractivity contribution in [1.82, 2.24) is 10.2 Å². The molecule has 0 bridgehead atoms. The quantitative estimate of drug-likeness (QED) is 0.781. The number of hydrogen-bond donors (Lipinski definition) is 1. The van der Waals surface area contributed by atoms with Gasteiger partial charge in [-0.15, -0.1) is 0 Å². The Hall–Kier alpha value is -1.06. The van der Waals surface area contributed by atoms with Gasteiger partial charge in [-0.3, -0.25) is 9.59 Å². The summed E-state index contributed by atoms with van der Waals surface area (Å²) in [5.41, 5.74) is 0. The molecular formula is C12H22N2O2. The van der Waals surface area contributed by atoms with Crippen LogP contribution < -0.4 is 5.32 Å². The molecule has 0 aromatic carbocycles. The molecule has 1 fully saturated rings. The average Bonchev–Trinajstić information content (AvgIpc) is 2.29. The van der Waals surface area contributed by atoms with Crippen LogP contribution in [0.2, 0.25) is 0 Å². The van der Waals surface area contributed by atoms with Crippen molar-refractivity contribution in [3.05, 3.63) is 0 Å². The summed E-state index contributed by atoms with van der Waals surface area (Å²) in [4.78, 5) is 25.3. The van der Waals surface area contributed by atoms with Gasteiger partial charge in [0.2, 0.25) is 11.8 Å². The predicted octanol–water partition coefficient (Wildman–Crippen LogP) is 1.02. The number of hydrogen-bond acceptors (Lipinski definition) is 2. The van der Waals surface area contributed by atoms with Gasteiger partial charge in [0.05, 0.1) is 5.92 Å². The lowest BCUT2D eigenvalue weighted by molar-refractivity contribution is -0.132. The van der Waals surface area contributed by atoms with Gasteiger partial charge in [0.15, 0.2) is 0 Å². The minimum Gasteiger partial charge on any atom is -0.344 e. The molecule has 0 saturated carbocycles. The first kappa shape index (κ1) is 13.0. The molecule has 1 aliphatic rings. The van der Waals surface area contributed by atoms with Gasteiger partial charge in [0, 0.05) is 13.6 Å². The molecule has 0 aliphatic carbocycles. The van der Waals surface area contributed by atoms with Gasteiger partial charge in [-0.05, 0) is 18.8 Å². The third-order valence-corrected chi connectivity index (χ3v) is 3.02. The van der Waals surface area contributed by atoms with E-state index in [-0.39, 0.29) is 23.8 Å². The van der Waals surface area contributed by atoms with E-state index >= 15 is 0 Å². The first-order valence-corrected chi connectivity index (χ1v) is 5.97. The number of rotatable bonds is 3. The fraction of sp³-hybridized carbons (Fsp3) is 0.833. The highest BCUT2D eigenvalue weighted by Gasteiger charge is 2.31. The summed E-state index contributed by atoms with van der Waals surface area (Å²) in [6.07, 6.45) is 1.69. The van der Waals surface area contributed by atoms with Crippen LogP contribution in [0, 0.1) is 11.8 Å². The number of nitrogens with one attached hydrogen (secondary N) is 1. The second-order valence-corrected chi connectivity index (χ2v) is 5.15. The number of carbonyl (C=O) groups excluding carboxylic acids is 2. The third-order valence-electron chi connectivity index (χ3n) is 3.02. The minimum absolute atomic E-state index is 0.00791. The van der Waals surface area contributed by atoms with E-state index in [0.29, 0.717) is 12.5 Å². The highest BCUT2D eigenvalue weighted by Crippen LogP contribution is 2.13. The maximum absolute atomic E-state index is 12.0. The third kappa shape index (κ3) is 3.22. The largest absolute Gasteiger partial charge is 0.344 e.